The Morgan fingerprint density at radius 1 is 1.52 bits per heavy atom. The van der Waals surface area contributed by atoms with Gasteiger partial charge in [-0.15, -0.1) is 11.3 Å². The van der Waals surface area contributed by atoms with Crippen LogP contribution in [0.3, 0.4) is 0 Å². The van der Waals surface area contributed by atoms with E-state index in [1.807, 2.05) is 12.3 Å². The van der Waals surface area contributed by atoms with Crippen LogP contribution in [0.5, 0.6) is 0 Å². The van der Waals surface area contributed by atoms with Crippen molar-refractivity contribution in [3.8, 4) is 0 Å². The zero-order valence-corrected chi connectivity index (χ0v) is 13.1. The van der Waals surface area contributed by atoms with E-state index in [0.717, 1.165) is 30.3 Å². The summed E-state index contributed by atoms with van der Waals surface area (Å²) in [6.45, 7) is 5.45. The molecule has 1 aromatic rings. The first-order valence-electron chi connectivity index (χ1n) is 7.42. The predicted molar refractivity (Wildman–Crippen MR) is 82.5 cm³/mol. The Labute approximate surface area is 128 Å². The summed E-state index contributed by atoms with van der Waals surface area (Å²) in [7, 11) is 0. The van der Waals surface area contributed by atoms with Crippen LogP contribution in [-0.4, -0.2) is 54.2 Å². The van der Waals surface area contributed by atoms with Gasteiger partial charge in [-0.3, -0.25) is 4.90 Å². The second-order valence-corrected chi connectivity index (χ2v) is 6.73. The molecule has 2 aliphatic rings. The molecule has 3 heterocycles. The minimum atomic E-state index is 0.422. The molecule has 0 saturated carbocycles. The fourth-order valence-corrected chi connectivity index (χ4v) is 3.50. The molecule has 6 nitrogen and oxygen atoms in total. The molecule has 0 aliphatic carbocycles. The third kappa shape index (κ3) is 4.15. The molecule has 2 bridgehead atoms. The molecule has 21 heavy (non-hydrogen) atoms. The highest BCUT2D eigenvalue weighted by molar-refractivity contribution is 7.09. The molecule has 2 aliphatic heterocycles. The second-order valence-electron chi connectivity index (χ2n) is 5.67. The van der Waals surface area contributed by atoms with Crippen molar-refractivity contribution in [3.63, 3.8) is 0 Å². The number of rotatable bonds is 6. The number of morpholine rings is 1. The van der Waals surface area contributed by atoms with E-state index in [1.165, 1.54) is 12.8 Å². The van der Waals surface area contributed by atoms with Crippen LogP contribution in [0, 0.1) is 6.92 Å². The van der Waals surface area contributed by atoms with Gasteiger partial charge in [0, 0.05) is 25.0 Å². The van der Waals surface area contributed by atoms with E-state index < -0.39 is 0 Å². The van der Waals surface area contributed by atoms with Gasteiger partial charge in [-0.05, 0) is 19.8 Å². The van der Waals surface area contributed by atoms with Gasteiger partial charge in [-0.25, -0.2) is 4.98 Å². The maximum Gasteiger partial charge on any atom is 0.145 e. The van der Waals surface area contributed by atoms with Crippen LogP contribution in [0.1, 0.15) is 23.5 Å². The summed E-state index contributed by atoms with van der Waals surface area (Å²) < 4.78 is 5.80. The minimum absolute atomic E-state index is 0.422. The fraction of sp³-hybridized carbons (Fsp3) is 0.714. The van der Waals surface area contributed by atoms with E-state index >= 15 is 0 Å². The first-order chi connectivity index (χ1) is 10.2. The molecule has 0 unspecified atom stereocenters. The Bertz CT molecular complexity index is 493. The number of likely N-dealkylation sites (tertiary alicyclic amines) is 1. The zero-order chi connectivity index (χ0) is 14.7. The largest absolute Gasteiger partial charge is 0.393 e. The van der Waals surface area contributed by atoms with Gasteiger partial charge in [0.25, 0.3) is 0 Å². The zero-order valence-electron chi connectivity index (χ0n) is 12.3. The molecule has 116 valence electrons. The van der Waals surface area contributed by atoms with Crippen molar-refractivity contribution < 1.29 is 9.57 Å². The quantitative estimate of drug-likeness (QED) is 0.369. The van der Waals surface area contributed by atoms with Crippen molar-refractivity contribution >= 4 is 17.2 Å². The average Bonchev–Trinajstić information content (AvgIpc) is 3.01. The van der Waals surface area contributed by atoms with Crippen LogP contribution in [0.25, 0.3) is 0 Å². The summed E-state index contributed by atoms with van der Waals surface area (Å²) in [5.41, 5.74) is 6.80. The normalized spacial score (nSPS) is 26.2. The number of nitrogens with two attached hydrogens (primary N) is 1. The van der Waals surface area contributed by atoms with Gasteiger partial charge in [-0.2, -0.15) is 0 Å². The lowest BCUT2D eigenvalue weighted by Gasteiger charge is -2.31. The van der Waals surface area contributed by atoms with Crippen molar-refractivity contribution in [1.82, 2.24) is 9.88 Å². The molecule has 0 radical (unpaired) electrons. The molecule has 2 N–H and O–H groups in total. The second kappa shape index (κ2) is 6.72. The van der Waals surface area contributed by atoms with Crippen LogP contribution in [0.2, 0.25) is 0 Å². The van der Waals surface area contributed by atoms with E-state index in [4.69, 9.17) is 15.3 Å². The molecule has 3 rings (SSSR count). The number of amidine groups is 1. The maximum absolute atomic E-state index is 5.84. The van der Waals surface area contributed by atoms with Crippen LogP contribution in [-0.2, 0) is 16.0 Å². The molecule has 7 heteroatoms. The Balaban J connectivity index is 1.36. The lowest BCUT2D eigenvalue weighted by molar-refractivity contribution is -0.0451. The van der Waals surface area contributed by atoms with E-state index in [1.54, 1.807) is 11.3 Å². The maximum atomic E-state index is 5.84. The smallest absolute Gasteiger partial charge is 0.145 e. The van der Waals surface area contributed by atoms with Crippen molar-refractivity contribution in [3.05, 3.63) is 16.1 Å². The predicted octanol–water partition coefficient (Wildman–Crippen LogP) is 1.15. The third-order valence-electron chi connectivity index (χ3n) is 3.83. The Morgan fingerprint density at radius 3 is 2.95 bits per heavy atom. The van der Waals surface area contributed by atoms with E-state index in [2.05, 4.69) is 15.0 Å². The number of aromatic nitrogens is 1. The summed E-state index contributed by atoms with van der Waals surface area (Å²) in [4.78, 5) is 12.1. The lowest BCUT2D eigenvalue weighted by atomic mass is 10.2. The van der Waals surface area contributed by atoms with E-state index in [0.29, 0.717) is 31.1 Å². The number of thiazole rings is 1. The SMILES string of the molecule is Cc1nc(C/C(N)=N\OCCN2C[C@H]3CC[C@@H](C2)O3)cs1. The molecule has 0 aromatic carbocycles. The summed E-state index contributed by atoms with van der Waals surface area (Å²) in [6.07, 6.45) is 3.78. The molecule has 1 aromatic heterocycles. The van der Waals surface area contributed by atoms with E-state index in [-0.39, 0.29) is 0 Å². The van der Waals surface area contributed by atoms with Crippen molar-refractivity contribution in [2.24, 2.45) is 10.9 Å². The summed E-state index contributed by atoms with van der Waals surface area (Å²) in [6, 6.07) is 0. The number of hydrogen-bond donors (Lipinski definition) is 1. The van der Waals surface area contributed by atoms with Gasteiger partial charge < -0.3 is 15.3 Å². The third-order valence-corrected chi connectivity index (χ3v) is 4.65. The standard InChI is InChI=1S/C14H22N4O2S/c1-10-16-11(9-21-10)6-14(15)17-19-5-4-18-7-12-2-3-13(8-18)20-12/h9,12-13H,2-8H2,1H3,(H2,15,17)/t12-,13+. The molecular formula is C14H22N4O2S. The number of ether oxygens (including phenoxy) is 1. The Kier molecular flexibility index (Phi) is 4.72. The van der Waals surface area contributed by atoms with Crippen molar-refractivity contribution in [2.75, 3.05) is 26.2 Å². The Morgan fingerprint density at radius 2 is 2.29 bits per heavy atom. The number of nitrogens with zero attached hydrogens (tertiary/aromatic N) is 3. The number of fused-ring (bicyclic) bond motifs is 2. The molecule has 0 amide bonds. The van der Waals surface area contributed by atoms with Crippen LogP contribution in [0.4, 0.5) is 0 Å². The average molecular weight is 310 g/mol. The highest BCUT2D eigenvalue weighted by Crippen LogP contribution is 2.25. The molecule has 2 saturated heterocycles. The van der Waals surface area contributed by atoms with Gasteiger partial charge in [0.15, 0.2) is 0 Å². The molecular weight excluding hydrogens is 288 g/mol. The molecule has 2 atom stereocenters. The number of oxime groups is 1. The summed E-state index contributed by atoms with van der Waals surface area (Å²) in [5, 5.41) is 7.01. The van der Waals surface area contributed by atoms with Crippen LogP contribution < -0.4 is 5.73 Å². The highest BCUT2D eigenvalue weighted by Gasteiger charge is 2.33. The summed E-state index contributed by atoms with van der Waals surface area (Å²) >= 11 is 1.62. The summed E-state index contributed by atoms with van der Waals surface area (Å²) in [5.74, 6) is 0.474. The Hall–Kier alpha value is -1.18. The molecule has 0 spiro atoms. The van der Waals surface area contributed by atoms with E-state index in [9.17, 15) is 0 Å². The topological polar surface area (TPSA) is 73.0 Å². The first kappa shape index (κ1) is 14.7. The van der Waals surface area contributed by atoms with Crippen molar-refractivity contribution in [2.45, 2.75) is 38.4 Å². The fourth-order valence-electron chi connectivity index (χ4n) is 2.89. The van der Waals surface area contributed by atoms with Gasteiger partial charge in [0.05, 0.1) is 29.3 Å². The van der Waals surface area contributed by atoms with Gasteiger partial charge in [0.1, 0.15) is 12.4 Å². The highest BCUT2D eigenvalue weighted by atomic mass is 32.1. The van der Waals surface area contributed by atoms with Gasteiger partial charge in [-0.1, -0.05) is 5.16 Å². The van der Waals surface area contributed by atoms with Crippen LogP contribution >= 0.6 is 11.3 Å². The van der Waals surface area contributed by atoms with Crippen molar-refractivity contribution in [1.29, 1.82) is 0 Å². The minimum Gasteiger partial charge on any atom is -0.393 e. The monoisotopic (exact) mass is 310 g/mol. The first-order valence-corrected chi connectivity index (χ1v) is 8.30. The van der Waals surface area contributed by atoms with Gasteiger partial charge in [0.2, 0.25) is 0 Å². The number of hydrogen-bond acceptors (Lipinski definition) is 6. The van der Waals surface area contributed by atoms with Gasteiger partial charge >= 0.3 is 0 Å². The van der Waals surface area contributed by atoms with Crippen LogP contribution in [0.15, 0.2) is 10.5 Å². The lowest BCUT2D eigenvalue weighted by Crippen LogP contribution is -2.43. The number of aryl methyl sites for hydroxylation is 1. The molecule has 2 fully saturated rings.